The van der Waals surface area contributed by atoms with Gasteiger partial charge in [-0.1, -0.05) is 6.92 Å². The summed E-state index contributed by atoms with van der Waals surface area (Å²) in [6.45, 7) is 2.84. The van der Waals surface area contributed by atoms with Gasteiger partial charge in [0.15, 0.2) is 0 Å². The molecule has 0 aliphatic carbocycles. The van der Waals surface area contributed by atoms with Crippen LogP contribution in [0.1, 0.15) is 13.3 Å². The number of aliphatic carboxylic acids is 1. The maximum atomic E-state index is 11.6. The minimum Gasteiger partial charge on any atom is -0.481 e. The fourth-order valence-electron chi connectivity index (χ4n) is 1.81. The molecule has 0 atom stereocenters. The van der Waals surface area contributed by atoms with E-state index in [2.05, 4.69) is 10.0 Å². The number of nitrogens with one attached hydrogen (secondary N) is 2. The lowest BCUT2D eigenvalue weighted by molar-refractivity contribution is -0.139. The minimum atomic E-state index is -3.33. The molecule has 3 N–H and O–H groups in total. The molecule has 0 radical (unpaired) electrons. The maximum Gasteiger partial charge on any atom is 0.317 e. The molecule has 0 aromatic rings. The molecule has 0 unspecified atom stereocenters. The van der Waals surface area contributed by atoms with Gasteiger partial charge in [-0.25, -0.2) is 17.9 Å². The van der Waals surface area contributed by atoms with Crippen LogP contribution in [0, 0.1) is 5.92 Å². The number of urea groups is 1. The molecular formula is C10H19N3O5S. The van der Waals surface area contributed by atoms with Crippen molar-refractivity contribution in [3.8, 4) is 0 Å². The number of carbonyl (C=O) groups is 2. The summed E-state index contributed by atoms with van der Waals surface area (Å²) in [5.41, 5.74) is 0. The molecule has 110 valence electrons. The Morgan fingerprint density at radius 1 is 1.37 bits per heavy atom. The van der Waals surface area contributed by atoms with Crippen molar-refractivity contribution in [2.45, 2.75) is 13.3 Å². The number of hydrogen-bond acceptors (Lipinski definition) is 4. The van der Waals surface area contributed by atoms with Crippen molar-refractivity contribution >= 4 is 22.0 Å². The monoisotopic (exact) mass is 293 g/mol. The van der Waals surface area contributed by atoms with E-state index >= 15 is 0 Å². The molecule has 0 aromatic carbocycles. The summed E-state index contributed by atoms with van der Waals surface area (Å²) in [4.78, 5) is 23.4. The Balaban J connectivity index is 2.18. The largest absolute Gasteiger partial charge is 0.481 e. The zero-order valence-corrected chi connectivity index (χ0v) is 11.6. The van der Waals surface area contributed by atoms with Crippen molar-refractivity contribution in [3.05, 3.63) is 0 Å². The standard InChI is InChI=1S/C10H19N3O5S/c1-2-12-19(17,18)4-3-11-10(16)13-6-8(7-13)5-9(14)15/h8,12H,2-7H2,1H3,(H,11,16)(H,14,15). The number of likely N-dealkylation sites (tertiary alicyclic amines) is 1. The van der Waals surface area contributed by atoms with Gasteiger partial charge in [0.1, 0.15) is 0 Å². The van der Waals surface area contributed by atoms with Crippen LogP contribution in [0.3, 0.4) is 0 Å². The topological polar surface area (TPSA) is 116 Å². The van der Waals surface area contributed by atoms with Crippen LogP contribution in [0.2, 0.25) is 0 Å². The van der Waals surface area contributed by atoms with E-state index in [0.29, 0.717) is 19.6 Å². The lowest BCUT2D eigenvalue weighted by Gasteiger charge is -2.38. The average molecular weight is 293 g/mol. The second kappa shape index (κ2) is 6.71. The highest BCUT2D eigenvalue weighted by atomic mass is 32.2. The van der Waals surface area contributed by atoms with Crippen LogP contribution in [0.25, 0.3) is 0 Å². The van der Waals surface area contributed by atoms with Gasteiger partial charge in [-0.05, 0) is 0 Å². The summed E-state index contributed by atoms with van der Waals surface area (Å²) in [6.07, 6.45) is 0.0541. The van der Waals surface area contributed by atoms with E-state index in [-0.39, 0.29) is 30.7 Å². The molecule has 9 heteroatoms. The fraction of sp³-hybridized carbons (Fsp3) is 0.800. The van der Waals surface area contributed by atoms with Gasteiger partial charge in [-0.3, -0.25) is 4.79 Å². The second-order valence-electron chi connectivity index (χ2n) is 4.42. The Labute approximate surface area is 112 Å². The quantitative estimate of drug-likeness (QED) is 0.559. The zero-order valence-electron chi connectivity index (χ0n) is 10.8. The Morgan fingerprint density at radius 2 is 2.00 bits per heavy atom. The predicted molar refractivity (Wildman–Crippen MR) is 68.2 cm³/mol. The molecule has 0 bridgehead atoms. The van der Waals surface area contributed by atoms with Crippen molar-refractivity contribution in [2.24, 2.45) is 5.92 Å². The third-order valence-electron chi connectivity index (χ3n) is 2.72. The van der Waals surface area contributed by atoms with E-state index in [4.69, 9.17) is 5.11 Å². The molecule has 1 heterocycles. The first-order valence-electron chi connectivity index (χ1n) is 6.06. The van der Waals surface area contributed by atoms with Crippen LogP contribution in [0.5, 0.6) is 0 Å². The molecule has 19 heavy (non-hydrogen) atoms. The number of nitrogens with zero attached hydrogens (tertiary/aromatic N) is 1. The third kappa shape index (κ3) is 5.43. The summed E-state index contributed by atoms with van der Waals surface area (Å²) in [5.74, 6) is -1.05. The summed E-state index contributed by atoms with van der Waals surface area (Å²) in [5, 5.41) is 11.1. The van der Waals surface area contributed by atoms with Crippen LogP contribution in [-0.2, 0) is 14.8 Å². The highest BCUT2D eigenvalue weighted by molar-refractivity contribution is 7.89. The zero-order chi connectivity index (χ0) is 14.5. The van der Waals surface area contributed by atoms with Crippen LogP contribution in [0.4, 0.5) is 4.79 Å². The second-order valence-corrected chi connectivity index (χ2v) is 6.34. The summed E-state index contributed by atoms with van der Waals surface area (Å²) >= 11 is 0. The first-order chi connectivity index (χ1) is 8.84. The predicted octanol–water partition coefficient (Wildman–Crippen LogP) is -0.958. The van der Waals surface area contributed by atoms with E-state index in [0.717, 1.165) is 0 Å². The van der Waals surface area contributed by atoms with Crippen LogP contribution < -0.4 is 10.0 Å². The van der Waals surface area contributed by atoms with Crippen molar-refractivity contribution < 1.29 is 23.1 Å². The molecule has 8 nitrogen and oxygen atoms in total. The summed E-state index contributed by atoms with van der Waals surface area (Å²) in [7, 11) is -3.33. The smallest absolute Gasteiger partial charge is 0.317 e. The van der Waals surface area contributed by atoms with Gasteiger partial charge in [-0.15, -0.1) is 0 Å². The highest BCUT2D eigenvalue weighted by Gasteiger charge is 2.31. The number of amides is 2. The number of hydrogen-bond donors (Lipinski definition) is 3. The van der Waals surface area contributed by atoms with Crippen molar-refractivity contribution in [2.75, 3.05) is 31.9 Å². The van der Waals surface area contributed by atoms with Crippen LogP contribution in [-0.4, -0.2) is 62.4 Å². The van der Waals surface area contributed by atoms with Crippen LogP contribution >= 0.6 is 0 Å². The normalized spacial score (nSPS) is 15.9. The third-order valence-corrected chi connectivity index (χ3v) is 4.19. The van der Waals surface area contributed by atoms with Crippen molar-refractivity contribution in [1.29, 1.82) is 0 Å². The minimum absolute atomic E-state index is 0.00580. The number of rotatable bonds is 7. The van der Waals surface area contributed by atoms with Gasteiger partial charge >= 0.3 is 12.0 Å². The van der Waals surface area contributed by atoms with Gasteiger partial charge in [0, 0.05) is 32.1 Å². The lowest BCUT2D eigenvalue weighted by atomic mass is 9.97. The van der Waals surface area contributed by atoms with Crippen molar-refractivity contribution in [1.82, 2.24) is 14.9 Å². The van der Waals surface area contributed by atoms with Gasteiger partial charge in [0.05, 0.1) is 12.2 Å². The van der Waals surface area contributed by atoms with Gasteiger partial charge in [0.25, 0.3) is 0 Å². The molecule has 2 amide bonds. The van der Waals surface area contributed by atoms with E-state index in [1.54, 1.807) is 6.92 Å². The molecular weight excluding hydrogens is 274 g/mol. The number of carbonyl (C=O) groups excluding carboxylic acids is 1. The first-order valence-corrected chi connectivity index (χ1v) is 7.71. The summed E-state index contributed by atoms with van der Waals surface area (Å²) < 4.78 is 24.9. The maximum absolute atomic E-state index is 11.6. The van der Waals surface area contributed by atoms with Gasteiger partial charge < -0.3 is 15.3 Å². The van der Waals surface area contributed by atoms with Gasteiger partial charge in [0.2, 0.25) is 10.0 Å². The molecule has 1 fully saturated rings. The SMILES string of the molecule is CCNS(=O)(=O)CCNC(=O)N1CC(CC(=O)O)C1. The Hall–Kier alpha value is -1.35. The van der Waals surface area contributed by atoms with Crippen molar-refractivity contribution in [3.63, 3.8) is 0 Å². The van der Waals surface area contributed by atoms with Gasteiger partial charge in [-0.2, -0.15) is 0 Å². The highest BCUT2D eigenvalue weighted by Crippen LogP contribution is 2.18. The number of carboxylic acids is 1. The van der Waals surface area contributed by atoms with E-state index in [9.17, 15) is 18.0 Å². The Bertz CT molecular complexity index is 430. The molecule has 1 aliphatic heterocycles. The molecule has 0 saturated carbocycles. The summed E-state index contributed by atoms with van der Waals surface area (Å²) in [6, 6.07) is -0.353. The molecule has 0 spiro atoms. The molecule has 1 saturated heterocycles. The number of sulfonamides is 1. The number of carboxylic acid groups (broad SMARTS) is 1. The average Bonchev–Trinajstić information content (AvgIpc) is 2.21. The molecule has 0 aromatic heterocycles. The Kier molecular flexibility index (Phi) is 5.55. The molecule has 1 rings (SSSR count). The lowest BCUT2D eigenvalue weighted by Crippen LogP contribution is -2.54. The van der Waals surface area contributed by atoms with E-state index in [1.807, 2.05) is 0 Å². The van der Waals surface area contributed by atoms with E-state index < -0.39 is 16.0 Å². The molecule has 1 aliphatic rings. The Morgan fingerprint density at radius 3 is 2.53 bits per heavy atom. The first kappa shape index (κ1) is 15.7. The van der Waals surface area contributed by atoms with E-state index in [1.165, 1.54) is 4.90 Å². The fourth-order valence-corrected chi connectivity index (χ4v) is 2.76. The van der Waals surface area contributed by atoms with Crippen LogP contribution in [0.15, 0.2) is 0 Å².